The zero-order chi connectivity index (χ0) is 13.9. The fourth-order valence-corrected chi connectivity index (χ4v) is 2.24. The van der Waals surface area contributed by atoms with Gasteiger partial charge in [0.25, 0.3) is 0 Å². The summed E-state index contributed by atoms with van der Waals surface area (Å²) < 4.78 is 6.80. The summed E-state index contributed by atoms with van der Waals surface area (Å²) in [6, 6.07) is 1.32. The Morgan fingerprint density at radius 3 is 2.56 bits per heavy atom. The van der Waals surface area contributed by atoms with Gasteiger partial charge in [-0.2, -0.15) is 0 Å². The summed E-state index contributed by atoms with van der Waals surface area (Å²) in [5.74, 6) is -0.491. The maximum atomic E-state index is 11.7. The molecule has 1 aromatic rings. The molecule has 18 heavy (non-hydrogen) atoms. The number of halogens is 1. The normalized spacial score (nSPS) is 12.3. The van der Waals surface area contributed by atoms with E-state index in [2.05, 4.69) is 0 Å². The molecule has 4 nitrogen and oxygen atoms in total. The summed E-state index contributed by atoms with van der Waals surface area (Å²) >= 11 is 5.56. The summed E-state index contributed by atoms with van der Waals surface area (Å²) in [5.41, 5.74) is 2.17. The van der Waals surface area contributed by atoms with Crippen molar-refractivity contribution >= 4 is 23.4 Å². The SMILES string of the molecule is CCOC(=O)C(C)n1c(C)cc(C(=O)CCl)c1C. The number of carbonyl (C=O) groups is 2. The van der Waals surface area contributed by atoms with Crippen LogP contribution in [0.5, 0.6) is 0 Å². The van der Waals surface area contributed by atoms with Crippen molar-refractivity contribution in [2.75, 3.05) is 12.5 Å². The van der Waals surface area contributed by atoms with E-state index in [0.29, 0.717) is 12.2 Å². The van der Waals surface area contributed by atoms with Crippen LogP contribution in [0.2, 0.25) is 0 Å². The number of ether oxygens (including phenoxy) is 1. The molecule has 0 aliphatic rings. The number of aromatic nitrogens is 1. The van der Waals surface area contributed by atoms with Gasteiger partial charge in [-0.05, 0) is 33.8 Å². The van der Waals surface area contributed by atoms with E-state index in [1.165, 1.54) is 0 Å². The molecular formula is C13H18ClNO3. The van der Waals surface area contributed by atoms with Crippen molar-refractivity contribution in [2.45, 2.75) is 33.7 Å². The molecule has 1 heterocycles. The summed E-state index contributed by atoms with van der Waals surface area (Å²) in [7, 11) is 0. The number of esters is 1. The molecule has 0 bridgehead atoms. The summed E-state index contributed by atoms with van der Waals surface area (Å²) in [5, 5.41) is 0. The van der Waals surface area contributed by atoms with E-state index < -0.39 is 6.04 Å². The number of aryl methyl sites for hydroxylation is 1. The van der Waals surface area contributed by atoms with Crippen molar-refractivity contribution in [1.29, 1.82) is 0 Å². The lowest BCUT2D eigenvalue weighted by atomic mass is 10.2. The lowest BCUT2D eigenvalue weighted by Crippen LogP contribution is -2.21. The topological polar surface area (TPSA) is 48.3 Å². The van der Waals surface area contributed by atoms with Gasteiger partial charge in [-0.3, -0.25) is 4.79 Å². The molecule has 0 N–H and O–H groups in total. The van der Waals surface area contributed by atoms with Crippen LogP contribution < -0.4 is 0 Å². The number of carbonyl (C=O) groups excluding carboxylic acids is 2. The first-order valence-corrected chi connectivity index (χ1v) is 6.41. The van der Waals surface area contributed by atoms with Crippen LogP contribution in [0.4, 0.5) is 0 Å². The number of nitrogens with zero attached hydrogens (tertiary/aromatic N) is 1. The van der Waals surface area contributed by atoms with Crippen molar-refractivity contribution in [1.82, 2.24) is 4.57 Å². The molecule has 0 saturated carbocycles. The average Bonchev–Trinajstić information content (AvgIpc) is 2.63. The minimum Gasteiger partial charge on any atom is -0.464 e. The second-order valence-corrected chi connectivity index (χ2v) is 4.41. The molecule has 5 heteroatoms. The van der Waals surface area contributed by atoms with E-state index >= 15 is 0 Å². The van der Waals surface area contributed by atoms with E-state index in [1.807, 2.05) is 13.8 Å². The number of hydrogen-bond donors (Lipinski definition) is 0. The van der Waals surface area contributed by atoms with Gasteiger partial charge in [0.15, 0.2) is 5.78 Å². The monoisotopic (exact) mass is 271 g/mol. The Morgan fingerprint density at radius 2 is 2.06 bits per heavy atom. The van der Waals surface area contributed by atoms with Gasteiger partial charge in [0.2, 0.25) is 0 Å². The first-order valence-electron chi connectivity index (χ1n) is 5.88. The molecule has 0 fully saturated rings. The van der Waals surface area contributed by atoms with Gasteiger partial charge in [0, 0.05) is 17.0 Å². The second kappa shape index (κ2) is 6.05. The molecule has 1 aromatic heterocycles. The van der Waals surface area contributed by atoms with Crippen LogP contribution in [-0.2, 0) is 9.53 Å². The Labute approximate surface area is 112 Å². The number of Topliss-reactive ketones (excluding diaryl/α,β-unsaturated/α-hetero) is 1. The minimum absolute atomic E-state index is 0.0575. The molecule has 0 radical (unpaired) electrons. The van der Waals surface area contributed by atoms with E-state index in [1.54, 1.807) is 24.5 Å². The third-order valence-corrected chi connectivity index (χ3v) is 3.16. The predicted molar refractivity (Wildman–Crippen MR) is 70.3 cm³/mol. The fourth-order valence-electron chi connectivity index (χ4n) is 2.10. The van der Waals surface area contributed by atoms with E-state index in [9.17, 15) is 9.59 Å². The van der Waals surface area contributed by atoms with E-state index in [0.717, 1.165) is 11.4 Å². The van der Waals surface area contributed by atoms with E-state index in [4.69, 9.17) is 16.3 Å². The number of ketones is 1. The van der Waals surface area contributed by atoms with Gasteiger partial charge in [-0.15, -0.1) is 11.6 Å². The smallest absolute Gasteiger partial charge is 0.328 e. The van der Waals surface area contributed by atoms with E-state index in [-0.39, 0.29) is 17.6 Å². The van der Waals surface area contributed by atoms with Gasteiger partial charge >= 0.3 is 5.97 Å². The Balaban J connectivity index is 3.14. The van der Waals surface area contributed by atoms with Crippen LogP contribution in [0.25, 0.3) is 0 Å². The van der Waals surface area contributed by atoms with Gasteiger partial charge in [0.05, 0.1) is 12.5 Å². The lowest BCUT2D eigenvalue weighted by Gasteiger charge is -2.17. The zero-order valence-electron chi connectivity index (χ0n) is 11.1. The predicted octanol–water partition coefficient (Wildman–Crippen LogP) is 2.65. The Hall–Kier alpha value is -1.29. The highest BCUT2D eigenvalue weighted by molar-refractivity contribution is 6.30. The van der Waals surface area contributed by atoms with Crippen LogP contribution in [0, 0.1) is 13.8 Å². The molecule has 0 aliphatic heterocycles. The van der Waals surface area contributed by atoms with Crippen LogP contribution in [0.3, 0.4) is 0 Å². The lowest BCUT2D eigenvalue weighted by molar-refractivity contribution is -0.146. The maximum absolute atomic E-state index is 11.7. The maximum Gasteiger partial charge on any atom is 0.328 e. The summed E-state index contributed by atoms with van der Waals surface area (Å²) in [4.78, 5) is 23.4. The van der Waals surface area contributed by atoms with Gasteiger partial charge in [-0.25, -0.2) is 4.79 Å². The zero-order valence-corrected chi connectivity index (χ0v) is 11.9. The van der Waals surface area contributed by atoms with Gasteiger partial charge in [-0.1, -0.05) is 0 Å². The Bertz CT molecular complexity index is 465. The van der Waals surface area contributed by atoms with Gasteiger partial charge < -0.3 is 9.30 Å². The largest absolute Gasteiger partial charge is 0.464 e. The average molecular weight is 272 g/mol. The third kappa shape index (κ3) is 2.75. The molecular weight excluding hydrogens is 254 g/mol. The molecule has 0 spiro atoms. The molecule has 1 unspecified atom stereocenters. The highest BCUT2D eigenvalue weighted by atomic mass is 35.5. The highest BCUT2D eigenvalue weighted by Crippen LogP contribution is 2.22. The van der Waals surface area contributed by atoms with Gasteiger partial charge in [0.1, 0.15) is 6.04 Å². The molecule has 100 valence electrons. The van der Waals surface area contributed by atoms with Crippen LogP contribution >= 0.6 is 11.6 Å². The van der Waals surface area contributed by atoms with Crippen LogP contribution in [0.1, 0.15) is 41.6 Å². The first kappa shape index (κ1) is 14.8. The molecule has 1 atom stereocenters. The van der Waals surface area contributed by atoms with Crippen LogP contribution in [0.15, 0.2) is 6.07 Å². The second-order valence-electron chi connectivity index (χ2n) is 4.14. The minimum atomic E-state index is -0.443. The summed E-state index contributed by atoms with van der Waals surface area (Å²) in [6.07, 6.45) is 0. The van der Waals surface area contributed by atoms with Crippen molar-refractivity contribution in [2.24, 2.45) is 0 Å². The molecule has 1 rings (SSSR count). The first-order chi connectivity index (χ1) is 8.43. The fraction of sp³-hybridized carbons (Fsp3) is 0.538. The Kier molecular flexibility index (Phi) is 4.96. The molecule has 0 aliphatic carbocycles. The standard InChI is InChI=1S/C13H18ClNO3/c1-5-18-13(17)10(4)15-8(2)6-11(9(15)3)12(16)7-14/h6,10H,5,7H2,1-4H3. The molecule has 0 amide bonds. The molecule has 0 saturated heterocycles. The third-order valence-electron chi connectivity index (χ3n) is 2.92. The van der Waals surface area contributed by atoms with Crippen LogP contribution in [-0.4, -0.2) is 28.8 Å². The quantitative estimate of drug-likeness (QED) is 0.470. The van der Waals surface area contributed by atoms with Crippen molar-refractivity contribution < 1.29 is 14.3 Å². The number of hydrogen-bond acceptors (Lipinski definition) is 3. The van der Waals surface area contributed by atoms with Crippen molar-refractivity contribution in [3.8, 4) is 0 Å². The highest BCUT2D eigenvalue weighted by Gasteiger charge is 2.23. The van der Waals surface area contributed by atoms with Crippen molar-refractivity contribution in [3.63, 3.8) is 0 Å². The Morgan fingerprint density at radius 1 is 1.44 bits per heavy atom. The summed E-state index contributed by atoms with van der Waals surface area (Å²) in [6.45, 7) is 7.53. The number of alkyl halides is 1. The number of rotatable bonds is 5. The molecule has 0 aromatic carbocycles. The van der Waals surface area contributed by atoms with Crippen molar-refractivity contribution in [3.05, 3.63) is 23.0 Å².